The zero-order valence-corrected chi connectivity index (χ0v) is 22.0. The summed E-state index contributed by atoms with van der Waals surface area (Å²) in [6, 6.07) is 12.0. The predicted octanol–water partition coefficient (Wildman–Crippen LogP) is 5.09. The highest BCUT2D eigenvalue weighted by Gasteiger charge is 2.19. The van der Waals surface area contributed by atoms with Crippen LogP contribution in [0.1, 0.15) is 19.3 Å². The topological polar surface area (TPSA) is 137 Å². The number of aromatic amines is 2. The van der Waals surface area contributed by atoms with Crippen molar-refractivity contribution in [3.05, 3.63) is 73.1 Å². The number of H-pyrrole nitrogens is 2. The van der Waals surface area contributed by atoms with Gasteiger partial charge in [0.1, 0.15) is 22.5 Å². The van der Waals surface area contributed by atoms with Crippen molar-refractivity contribution in [2.75, 3.05) is 18.4 Å². The molecule has 0 unspecified atom stereocenters. The van der Waals surface area contributed by atoms with Gasteiger partial charge in [0.2, 0.25) is 5.91 Å². The lowest BCUT2D eigenvalue weighted by Gasteiger charge is -2.21. The number of benzene rings is 1. The quantitative estimate of drug-likeness (QED) is 0.228. The van der Waals surface area contributed by atoms with Gasteiger partial charge in [-0.25, -0.2) is 14.4 Å². The maximum Gasteiger partial charge on any atom is 0.224 e. The molecule has 0 aliphatic carbocycles. The fourth-order valence-electron chi connectivity index (χ4n) is 5.38. The number of carbonyl (C=O) groups is 1. The average Bonchev–Trinajstić information content (AvgIpc) is 3.61. The Morgan fingerprint density at radius 3 is 2.80 bits per heavy atom. The second-order valence-electron chi connectivity index (χ2n) is 10.2. The molecule has 0 radical (unpaired) electrons. The second kappa shape index (κ2) is 10.5. The van der Waals surface area contributed by atoms with Crippen molar-refractivity contribution in [2.45, 2.75) is 19.3 Å². The Labute approximate surface area is 233 Å². The standard InChI is InChI=1S/C30H26FN9O/c31-20-3-1-2-18(11-20)22-6-9-34-29-27(22)37-30(38-29)28-23-13-24(35-16-25(23)39-40-28)19-12-21(15-33-14-19)36-26(41)10-17-4-7-32-8-5-17/h1-3,6,9,11-17,32H,4-5,7-8,10H2,(H,36,41)(H,39,40)(H,34,37,38). The van der Waals surface area contributed by atoms with E-state index in [1.165, 1.54) is 12.1 Å². The number of rotatable bonds is 6. The van der Waals surface area contributed by atoms with E-state index in [0.717, 1.165) is 42.4 Å². The maximum atomic E-state index is 13.9. The highest BCUT2D eigenvalue weighted by Crippen LogP contribution is 2.32. The molecule has 6 heterocycles. The lowest BCUT2D eigenvalue weighted by atomic mass is 9.94. The molecule has 1 fully saturated rings. The maximum absolute atomic E-state index is 13.9. The molecule has 0 bridgehead atoms. The fraction of sp³-hybridized carbons (Fsp3) is 0.200. The van der Waals surface area contributed by atoms with E-state index in [2.05, 4.69) is 40.8 Å². The van der Waals surface area contributed by atoms with Crippen molar-refractivity contribution >= 4 is 33.7 Å². The summed E-state index contributed by atoms with van der Waals surface area (Å²) < 4.78 is 13.9. The highest BCUT2D eigenvalue weighted by atomic mass is 19.1. The van der Waals surface area contributed by atoms with Crippen molar-refractivity contribution < 1.29 is 9.18 Å². The Bertz CT molecular complexity index is 1890. The molecule has 7 rings (SSSR count). The third-order valence-corrected chi connectivity index (χ3v) is 7.45. The summed E-state index contributed by atoms with van der Waals surface area (Å²) in [6.07, 6.45) is 9.23. The smallest absolute Gasteiger partial charge is 0.224 e. The van der Waals surface area contributed by atoms with Crippen molar-refractivity contribution in [1.29, 1.82) is 0 Å². The minimum absolute atomic E-state index is 0.00696. The molecule has 1 saturated heterocycles. The summed E-state index contributed by atoms with van der Waals surface area (Å²) in [6.45, 7) is 1.91. The number of nitrogens with zero attached hydrogens (tertiary/aromatic N) is 5. The summed E-state index contributed by atoms with van der Waals surface area (Å²) >= 11 is 0. The summed E-state index contributed by atoms with van der Waals surface area (Å²) in [7, 11) is 0. The molecule has 5 aromatic heterocycles. The molecule has 0 saturated carbocycles. The fourth-order valence-corrected chi connectivity index (χ4v) is 5.38. The van der Waals surface area contributed by atoms with E-state index in [9.17, 15) is 9.18 Å². The van der Waals surface area contributed by atoms with E-state index in [4.69, 9.17) is 4.98 Å². The SMILES string of the molecule is O=C(CC1CCNCC1)Nc1cncc(-c2cc3c(-c4nc5c(-c6cccc(F)c6)ccnc5[nH]4)[nH]nc3cn2)c1. The predicted molar refractivity (Wildman–Crippen MR) is 154 cm³/mol. The molecule has 10 nitrogen and oxygen atoms in total. The molecule has 1 aromatic carbocycles. The molecule has 1 aliphatic heterocycles. The van der Waals surface area contributed by atoms with E-state index >= 15 is 0 Å². The second-order valence-corrected chi connectivity index (χ2v) is 10.2. The van der Waals surface area contributed by atoms with E-state index in [1.807, 2.05) is 24.3 Å². The summed E-state index contributed by atoms with van der Waals surface area (Å²) in [5.74, 6) is 0.623. The van der Waals surface area contributed by atoms with Crippen LogP contribution in [0.15, 0.2) is 67.3 Å². The number of halogens is 1. The van der Waals surface area contributed by atoms with Gasteiger partial charge in [0.25, 0.3) is 0 Å². The van der Waals surface area contributed by atoms with Gasteiger partial charge in [-0.3, -0.25) is 19.9 Å². The lowest BCUT2D eigenvalue weighted by Crippen LogP contribution is -2.30. The number of hydrogen-bond acceptors (Lipinski definition) is 7. The number of aromatic nitrogens is 7. The lowest BCUT2D eigenvalue weighted by molar-refractivity contribution is -0.117. The van der Waals surface area contributed by atoms with Gasteiger partial charge in [-0.15, -0.1) is 0 Å². The summed E-state index contributed by atoms with van der Waals surface area (Å²) in [5, 5.41) is 14.6. The number of pyridine rings is 3. The zero-order chi connectivity index (χ0) is 27.8. The normalized spacial score (nSPS) is 14.1. The number of anilines is 1. The van der Waals surface area contributed by atoms with Gasteiger partial charge >= 0.3 is 0 Å². The third kappa shape index (κ3) is 5.03. The van der Waals surface area contributed by atoms with Crippen LogP contribution < -0.4 is 10.6 Å². The van der Waals surface area contributed by atoms with Crippen molar-refractivity contribution in [3.8, 4) is 33.9 Å². The molecule has 204 valence electrons. The van der Waals surface area contributed by atoms with Crippen LogP contribution in [0.2, 0.25) is 0 Å². The average molecular weight is 548 g/mol. The summed E-state index contributed by atoms with van der Waals surface area (Å²) in [4.78, 5) is 34.1. The number of fused-ring (bicyclic) bond motifs is 2. The van der Waals surface area contributed by atoms with Gasteiger partial charge < -0.3 is 15.6 Å². The molecular formula is C30H26FN9O. The van der Waals surface area contributed by atoms with Crippen LogP contribution in [-0.4, -0.2) is 54.1 Å². The molecular weight excluding hydrogens is 521 g/mol. The molecule has 1 amide bonds. The van der Waals surface area contributed by atoms with Crippen LogP contribution >= 0.6 is 0 Å². The Kier molecular flexibility index (Phi) is 6.40. The largest absolute Gasteiger partial charge is 0.325 e. The monoisotopic (exact) mass is 547 g/mol. The Balaban J connectivity index is 1.19. The van der Waals surface area contributed by atoms with Gasteiger partial charge in [0.15, 0.2) is 11.5 Å². The van der Waals surface area contributed by atoms with Crippen LogP contribution in [0, 0.1) is 11.7 Å². The zero-order valence-electron chi connectivity index (χ0n) is 22.0. The molecule has 4 N–H and O–H groups in total. The van der Waals surface area contributed by atoms with E-state index in [-0.39, 0.29) is 11.7 Å². The van der Waals surface area contributed by atoms with E-state index in [1.54, 1.807) is 30.9 Å². The first kappa shape index (κ1) is 25.0. The van der Waals surface area contributed by atoms with Crippen LogP contribution in [-0.2, 0) is 4.79 Å². The van der Waals surface area contributed by atoms with Gasteiger partial charge in [-0.05, 0) is 67.7 Å². The Morgan fingerprint density at radius 2 is 1.93 bits per heavy atom. The number of amides is 1. The van der Waals surface area contributed by atoms with Crippen molar-refractivity contribution in [2.24, 2.45) is 5.92 Å². The molecule has 11 heteroatoms. The Morgan fingerprint density at radius 1 is 1.02 bits per heavy atom. The number of piperidine rings is 1. The van der Waals surface area contributed by atoms with Crippen LogP contribution in [0.25, 0.3) is 56.0 Å². The van der Waals surface area contributed by atoms with E-state index < -0.39 is 0 Å². The van der Waals surface area contributed by atoms with Crippen molar-refractivity contribution in [3.63, 3.8) is 0 Å². The van der Waals surface area contributed by atoms with Gasteiger partial charge in [-0.2, -0.15) is 5.10 Å². The van der Waals surface area contributed by atoms with Gasteiger partial charge in [-0.1, -0.05) is 12.1 Å². The first-order chi connectivity index (χ1) is 20.1. The van der Waals surface area contributed by atoms with Crippen molar-refractivity contribution in [1.82, 2.24) is 40.4 Å². The first-order valence-corrected chi connectivity index (χ1v) is 13.5. The van der Waals surface area contributed by atoms with Gasteiger partial charge in [0.05, 0.1) is 23.8 Å². The molecule has 6 aromatic rings. The van der Waals surface area contributed by atoms with E-state index in [0.29, 0.717) is 57.5 Å². The van der Waals surface area contributed by atoms with Crippen LogP contribution in [0.5, 0.6) is 0 Å². The Hall–Kier alpha value is -5.03. The third-order valence-electron chi connectivity index (χ3n) is 7.45. The number of imidazole rings is 1. The number of nitrogens with one attached hydrogen (secondary N) is 4. The molecule has 41 heavy (non-hydrogen) atoms. The molecule has 0 spiro atoms. The van der Waals surface area contributed by atoms with Gasteiger partial charge in [0, 0.05) is 35.3 Å². The molecule has 0 atom stereocenters. The first-order valence-electron chi connectivity index (χ1n) is 13.5. The van der Waals surface area contributed by atoms with Crippen LogP contribution in [0.4, 0.5) is 10.1 Å². The number of hydrogen-bond donors (Lipinski definition) is 4. The number of carbonyl (C=O) groups excluding carboxylic acids is 1. The molecule has 1 aliphatic rings. The highest BCUT2D eigenvalue weighted by molar-refractivity contribution is 5.97. The minimum atomic E-state index is -0.317. The minimum Gasteiger partial charge on any atom is -0.325 e. The summed E-state index contributed by atoms with van der Waals surface area (Å²) in [5.41, 5.74) is 6.10. The van der Waals surface area contributed by atoms with Crippen LogP contribution in [0.3, 0.4) is 0 Å².